The third-order valence-electron chi connectivity index (χ3n) is 3.00. The average molecular weight is 253 g/mol. The maximum absolute atomic E-state index is 10.6. The molecule has 0 bridgehead atoms. The van der Waals surface area contributed by atoms with Gasteiger partial charge in [0.1, 0.15) is 5.75 Å². The molecular weight excluding hydrogens is 238 g/mol. The molecule has 2 rings (SSSR count). The van der Waals surface area contributed by atoms with Crippen molar-refractivity contribution in [1.82, 2.24) is 0 Å². The third-order valence-corrected chi connectivity index (χ3v) is 3.00. The maximum atomic E-state index is 10.6. The summed E-state index contributed by atoms with van der Waals surface area (Å²) < 4.78 is 5.32. The Kier molecular flexibility index (Phi) is 4.49. The molecule has 0 radical (unpaired) electrons. The summed E-state index contributed by atoms with van der Waals surface area (Å²) >= 11 is 0. The molecule has 3 heteroatoms. The van der Waals surface area contributed by atoms with Crippen molar-refractivity contribution in [2.24, 2.45) is 4.99 Å². The number of nitrogens with zero attached hydrogens (tertiary/aromatic N) is 1. The van der Waals surface area contributed by atoms with Crippen LogP contribution in [0, 0.1) is 0 Å². The van der Waals surface area contributed by atoms with Gasteiger partial charge in [0.15, 0.2) is 0 Å². The molecule has 2 aromatic rings. The van der Waals surface area contributed by atoms with E-state index in [0.29, 0.717) is 6.42 Å². The molecule has 0 saturated carbocycles. The molecule has 0 fully saturated rings. The van der Waals surface area contributed by atoms with Gasteiger partial charge in [-0.25, -0.2) is 4.79 Å². The summed E-state index contributed by atoms with van der Waals surface area (Å²) in [6.07, 6.45) is 2.27. The Morgan fingerprint density at radius 3 is 2.47 bits per heavy atom. The zero-order valence-electron chi connectivity index (χ0n) is 10.7. The SMILES string of the molecule is COc1ccccc1CC(N=C=O)c1ccccc1. The minimum Gasteiger partial charge on any atom is -0.496 e. The van der Waals surface area contributed by atoms with Crippen LogP contribution in [0.15, 0.2) is 59.6 Å². The van der Waals surface area contributed by atoms with Gasteiger partial charge < -0.3 is 4.74 Å². The lowest BCUT2D eigenvalue weighted by Gasteiger charge is -2.13. The zero-order valence-corrected chi connectivity index (χ0v) is 10.7. The number of isocyanates is 1. The van der Waals surface area contributed by atoms with Gasteiger partial charge in [-0.15, -0.1) is 0 Å². The van der Waals surface area contributed by atoms with Gasteiger partial charge >= 0.3 is 0 Å². The topological polar surface area (TPSA) is 38.7 Å². The summed E-state index contributed by atoms with van der Waals surface area (Å²) in [5, 5.41) is 0. The van der Waals surface area contributed by atoms with Crippen molar-refractivity contribution in [1.29, 1.82) is 0 Å². The van der Waals surface area contributed by atoms with Gasteiger partial charge in [-0.2, -0.15) is 4.99 Å². The lowest BCUT2D eigenvalue weighted by molar-refractivity contribution is 0.408. The normalized spacial score (nSPS) is 11.4. The summed E-state index contributed by atoms with van der Waals surface area (Å²) in [6.45, 7) is 0. The van der Waals surface area contributed by atoms with Crippen LogP contribution in [-0.4, -0.2) is 13.2 Å². The van der Waals surface area contributed by atoms with Crippen molar-refractivity contribution >= 4 is 6.08 Å². The molecule has 0 aromatic heterocycles. The Labute approximate surface area is 112 Å². The van der Waals surface area contributed by atoms with E-state index in [1.165, 1.54) is 0 Å². The number of aliphatic imine (C=N–C) groups is 1. The fraction of sp³-hybridized carbons (Fsp3) is 0.188. The van der Waals surface area contributed by atoms with E-state index in [4.69, 9.17) is 4.74 Å². The molecule has 2 aromatic carbocycles. The Balaban J connectivity index is 2.29. The van der Waals surface area contributed by atoms with Gasteiger partial charge in [0.2, 0.25) is 6.08 Å². The van der Waals surface area contributed by atoms with Crippen LogP contribution >= 0.6 is 0 Å². The van der Waals surface area contributed by atoms with Crippen molar-refractivity contribution in [2.45, 2.75) is 12.5 Å². The second-order valence-electron chi connectivity index (χ2n) is 4.16. The highest BCUT2D eigenvalue weighted by Crippen LogP contribution is 2.26. The lowest BCUT2D eigenvalue weighted by Crippen LogP contribution is -2.02. The first-order valence-electron chi connectivity index (χ1n) is 6.09. The van der Waals surface area contributed by atoms with E-state index < -0.39 is 0 Å². The van der Waals surface area contributed by atoms with E-state index in [2.05, 4.69) is 4.99 Å². The molecule has 0 saturated heterocycles. The summed E-state index contributed by atoms with van der Waals surface area (Å²) in [7, 11) is 1.64. The smallest absolute Gasteiger partial charge is 0.235 e. The molecule has 96 valence electrons. The van der Waals surface area contributed by atoms with Crippen molar-refractivity contribution in [2.75, 3.05) is 7.11 Å². The summed E-state index contributed by atoms with van der Waals surface area (Å²) in [5.41, 5.74) is 2.02. The molecule has 0 N–H and O–H groups in total. The number of hydrogen-bond acceptors (Lipinski definition) is 3. The summed E-state index contributed by atoms with van der Waals surface area (Å²) in [4.78, 5) is 14.5. The highest BCUT2D eigenvalue weighted by Gasteiger charge is 2.13. The van der Waals surface area contributed by atoms with Crippen LogP contribution < -0.4 is 4.74 Å². The molecule has 0 amide bonds. The van der Waals surface area contributed by atoms with Crippen LogP contribution in [0.1, 0.15) is 17.2 Å². The summed E-state index contributed by atoms with van der Waals surface area (Å²) in [6, 6.07) is 17.3. The van der Waals surface area contributed by atoms with E-state index in [-0.39, 0.29) is 6.04 Å². The van der Waals surface area contributed by atoms with E-state index in [0.717, 1.165) is 16.9 Å². The van der Waals surface area contributed by atoms with Crippen LogP contribution in [0.2, 0.25) is 0 Å². The Hall–Kier alpha value is -2.38. The minimum atomic E-state index is -0.227. The van der Waals surface area contributed by atoms with Crippen molar-refractivity contribution in [3.8, 4) is 5.75 Å². The number of ether oxygens (including phenoxy) is 1. The van der Waals surface area contributed by atoms with Gasteiger partial charge in [-0.05, 0) is 17.2 Å². The second-order valence-corrected chi connectivity index (χ2v) is 4.16. The quantitative estimate of drug-likeness (QED) is 0.605. The van der Waals surface area contributed by atoms with Gasteiger partial charge in [-0.1, -0.05) is 48.5 Å². The Bertz CT molecular complexity index is 574. The molecule has 0 spiro atoms. The second kappa shape index (κ2) is 6.53. The summed E-state index contributed by atoms with van der Waals surface area (Å²) in [5.74, 6) is 0.810. The van der Waals surface area contributed by atoms with E-state index >= 15 is 0 Å². The van der Waals surface area contributed by atoms with Gasteiger partial charge in [0.05, 0.1) is 13.2 Å². The molecule has 3 nitrogen and oxygen atoms in total. The maximum Gasteiger partial charge on any atom is 0.235 e. The number of carbonyl (C=O) groups excluding carboxylic acids is 1. The molecule has 0 aliphatic rings. The van der Waals surface area contributed by atoms with E-state index in [1.807, 2.05) is 54.6 Å². The molecule has 0 aliphatic heterocycles. The number of benzene rings is 2. The van der Waals surface area contributed by atoms with E-state index in [9.17, 15) is 4.79 Å². The largest absolute Gasteiger partial charge is 0.496 e. The first kappa shape index (κ1) is 13.1. The molecule has 1 unspecified atom stereocenters. The standard InChI is InChI=1S/C16H15NO2/c1-19-16-10-6-5-9-14(16)11-15(17-12-18)13-7-3-2-4-8-13/h2-10,15H,11H2,1H3. The molecular formula is C16H15NO2. The van der Waals surface area contributed by atoms with Crippen LogP contribution in [0.5, 0.6) is 5.75 Å². The van der Waals surface area contributed by atoms with Crippen LogP contribution in [0.4, 0.5) is 0 Å². The van der Waals surface area contributed by atoms with Crippen LogP contribution in [0.3, 0.4) is 0 Å². The monoisotopic (exact) mass is 253 g/mol. The molecule has 0 aliphatic carbocycles. The van der Waals surface area contributed by atoms with Crippen LogP contribution in [-0.2, 0) is 11.2 Å². The number of para-hydroxylation sites is 1. The first-order valence-corrected chi connectivity index (χ1v) is 6.09. The fourth-order valence-electron chi connectivity index (χ4n) is 2.06. The number of rotatable bonds is 5. The lowest BCUT2D eigenvalue weighted by atomic mass is 9.99. The predicted molar refractivity (Wildman–Crippen MR) is 74.0 cm³/mol. The third kappa shape index (κ3) is 3.30. The fourth-order valence-corrected chi connectivity index (χ4v) is 2.06. The van der Waals surface area contributed by atoms with Gasteiger partial charge in [0.25, 0.3) is 0 Å². The van der Waals surface area contributed by atoms with Crippen molar-refractivity contribution < 1.29 is 9.53 Å². The highest BCUT2D eigenvalue weighted by atomic mass is 16.5. The number of methoxy groups -OCH3 is 1. The predicted octanol–water partition coefficient (Wildman–Crippen LogP) is 3.31. The zero-order chi connectivity index (χ0) is 13.5. The minimum absolute atomic E-state index is 0.227. The van der Waals surface area contributed by atoms with Crippen molar-refractivity contribution in [3.63, 3.8) is 0 Å². The first-order chi connectivity index (χ1) is 9.35. The van der Waals surface area contributed by atoms with Gasteiger partial charge in [0, 0.05) is 6.42 Å². The Morgan fingerprint density at radius 1 is 1.11 bits per heavy atom. The molecule has 1 atom stereocenters. The highest BCUT2D eigenvalue weighted by molar-refractivity contribution is 5.39. The Morgan fingerprint density at radius 2 is 1.79 bits per heavy atom. The van der Waals surface area contributed by atoms with Gasteiger partial charge in [-0.3, -0.25) is 0 Å². The molecule has 19 heavy (non-hydrogen) atoms. The van der Waals surface area contributed by atoms with Crippen LogP contribution in [0.25, 0.3) is 0 Å². The molecule has 0 heterocycles. The van der Waals surface area contributed by atoms with E-state index in [1.54, 1.807) is 13.2 Å². The number of hydrogen-bond donors (Lipinski definition) is 0. The average Bonchev–Trinajstić information content (AvgIpc) is 2.48. The van der Waals surface area contributed by atoms with Crippen molar-refractivity contribution in [3.05, 3.63) is 65.7 Å².